The molecule has 122 valence electrons. The molecule has 0 saturated heterocycles. The summed E-state index contributed by atoms with van der Waals surface area (Å²) in [7, 11) is 0. The van der Waals surface area contributed by atoms with Crippen molar-refractivity contribution >= 4 is 17.2 Å². The van der Waals surface area contributed by atoms with Gasteiger partial charge in [0.25, 0.3) is 5.91 Å². The van der Waals surface area contributed by atoms with Crippen LogP contribution in [0.1, 0.15) is 40.4 Å². The van der Waals surface area contributed by atoms with Gasteiger partial charge in [0.15, 0.2) is 0 Å². The van der Waals surface area contributed by atoms with Crippen LogP contribution in [0.25, 0.3) is 5.52 Å². The summed E-state index contributed by atoms with van der Waals surface area (Å²) >= 11 is 0. The van der Waals surface area contributed by atoms with Gasteiger partial charge in [-0.2, -0.15) is 0 Å². The molecule has 5 nitrogen and oxygen atoms in total. The first-order valence-electron chi connectivity index (χ1n) is 8.01. The maximum absolute atomic E-state index is 12.8. The maximum Gasteiger partial charge on any atom is 0.253 e. The smallest absolute Gasteiger partial charge is 0.253 e. The van der Waals surface area contributed by atoms with E-state index in [4.69, 9.17) is 0 Å². The summed E-state index contributed by atoms with van der Waals surface area (Å²) in [6, 6.07) is 12.4. The Bertz CT molecular complexity index is 880. The minimum absolute atomic E-state index is 0.0706. The molecule has 5 heteroatoms. The first-order valence-corrected chi connectivity index (χ1v) is 8.01. The van der Waals surface area contributed by atoms with Gasteiger partial charge in [0.05, 0.1) is 5.69 Å². The zero-order chi connectivity index (χ0) is 17.1. The van der Waals surface area contributed by atoms with Gasteiger partial charge in [-0.05, 0) is 50.2 Å². The maximum atomic E-state index is 12.8. The molecule has 3 rings (SSSR count). The zero-order valence-corrected chi connectivity index (χ0v) is 13.8. The summed E-state index contributed by atoms with van der Waals surface area (Å²) in [6.07, 6.45) is 3.40. The highest BCUT2D eigenvalue weighted by Crippen LogP contribution is 2.17. The van der Waals surface area contributed by atoms with Crippen LogP contribution in [-0.4, -0.2) is 39.1 Å². The lowest BCUT2D eigenvalue weighted by Crippen LogP contribution is -2.30. The van der Waals surface area contributed by atoms with Gasteiger partial charge < -0.3 is 9.30 Å². The lowest BCUT2D eigenvalue weighted by molar-refractivity contribution is 0.0773. The number of carbonyl (C=O) groups excluding carboxylic acids is 2. The summed E-state index contributed by atoms with van der Waals surface area (Å²) in [4.78, 5) is 31.4. The molecule has 0 spiro atoms. The van der Waals surface area contributed by atoms with Crippen LogP contribution in [0, 0.1) is 0 Å². The minimum atomic E-state index is -0.203. The van der Waals surface area contributed by atoms with Crippen molar-refractivity contribution in [1.29, 1.82) is 0 Å². The first kappa shape index (κ1) is 15.9. The second kappa shape index (κ2) is 6.66. The number of rotatable bonds is 5. The molecular weight excluding hydrogens is 302 g/mol. The van der Waals surface area contributed by atoms with E-state index < -0.39 is 0 Å². The molecule has 3 aromatic heterocycles. The minimum Gasteiger partial charge on any atom is -0.339 e. The average Bonchev–Trinajstić information content (AvgIpc) is 3.10. The number of nitrogens with zero attached hydrogens (tertiary/aromatic N) is 3. The SMILES string of the molecule is CCN(CC)C(=O)c1cc(C(=O)c2ccccn2)n2cccc2c1. The molecule has 0 unspecified atom stereocenters. The molecule has 0 N–H and O–H groups in total. The highest BCUT2D eigenvalue weighted by molar-refractivity contribution is 6.08. The monoisotopic (exact) mass is 321 g/mol. The molecule has 0 aliphatic rings. The molecule has 0 radical (unpaired) electrons. The van der Waals surface area contributed by atoms with E-state index in [2.05, 4.69) is 4.98 Å². The third-order valence-corrected chi connectivity index (χ3v) is 4.06. The summed E-state index contributed by atoms with van der Waals surface area (Å²) in [5.74, 6) is -0.273. The highest BCUT2D eigenvalue weighted by atomic mass is 16.2. The summed E-state index contributed by atoms with van der Waals surface area (Å²) in [6.45, 7) is 5.14. The van der Waals surface area contributed by atoms with Gasteiger partial charge in [0.1, 0.15) is 5.69 Å². The fourth-order valence-corrected chi connectivity index (χ4v) is 2.77. The van der Waals surface area contributed by atoms with Crippen molar-refractivity contribution in [1.82, 2.24) is 14.3 Å². The number of ketones is 1. The molecular formula is C19H19N3O2. The van der Waals surface area contributed by atoms with Crippen LogP contribution < -0.4 is 0 Å². The van der Waals surface area contributed by atoms with Gasteiger partial charge in [-0.3, -0.25) is 14.6 Å². The van der Waals surface area contributed by atoms with Crippen LogP contribution in [0.4, 0.5) is 0 Å². The van der Waals surface area contributed by atoms with Crippen LogP contribution in [-0.2, 0) is 0 Å². The lowest BCUT2D eigenvalue weighted by atomic mass is 10.1. The molecule has 0 fully saturated rings. The highest BCUT2D eigenvalue weighted by Gasteiger charge is 2.19. The molecule has 0 aliphatic carbocycles. The number of hydrogen-bond donors (Lipinski definition) is 0. The van der Waals surface area contributed by atoms with E-state index in [-0.39, 0.29) is 11.7 Å². The van der Waals surface area contributed by atoms with E-state index in [0.29, 0.717) is 30.0 Å². The molecule has 0 aromatic carbocycles. The predicted molar refractivity (Wildman–Crippen MR) is 92.3 cm³/mol. The normalized spacial score (nSPS) is 10.8. The standard InChI is InChI=1S/C19H19N3O2/c1-3-21(4-2)19(24)14-12-15-8-7-11-22(15)17(13-14)18(23)16-9-5-6-10-20-16/h5-13H,3-4H2,1-2H3. The number of fused-ring (bicyclic) bond motifs is 1. The Kier molecular flexibility index (Phi) is 4.42. The molecule has 3 heterocycles. The summed E-state index contributed by atoms with van der Waals surface area (Å²) in [5, 5.41) is 0. The number of hydrogen-bond acceptors (Lipinski definition) is 3. The van der Waals surface area contributed by atoms with E-state index in [1.165, 1.54) is 0 Å². The van der Waals surface area contributed by atoms with Crippen LogP contribution in [0.5, 0.6) is 0 Å². The lowest BCUT2D eigenvalue weighted by Gasteiger charge is -2.19. The van der Waals surface area contributed by atoms with Crippen molar-refractivity contribution < 1.29 is 9.59 Å². The Morgan fingerprint density at radius 2 is 1.88 bits per heavy atom. The molecule has 3 aromatic rings. The molecule has 0 bridgehead atoms. The van der Waals surface area contributed by atoms with Crippen molar-refractivity contribution in [3.05, 3.63) is 71.8 Å². The molecule has 0 saturated carbocycles. The van der Waals surface area contributed by atoms with Crippen LogP contribution in [0.3, 0.4) is 0 Å². The second-order valence-electron chi connectivity index (χ2n) is 5.45. The summed E-state index contributed by atoms with van der Waals surface area (Å²) < 4.78 is 1.79. The van der Waals surface area contributed by atoms with E-state index in [1.54, 1.807) is 39.8 Å². The van der Waals surface area contributed by atoms with E-state index >= 15 is 0 Å². The van der Waals surface area contributed by atoms with Crippen molar-refractivity contribution in [2.45, 2.75) is 13.8 Å². The van der Waals surface area contributed by atoms with Crippen LogP contribution in [0.2, 0.25) is 0 Å². The van der Waals surface area contributed by atoms with Gasteiger partial charge in [-0.15, -0.1) is 0 Å². The zero-order valence-electron chi connectivity index (χ0n) is 13.8. The average molecular weight is 321 g/mol. The third-order valence-electron chi connectivity index (χ3n) is 4.06. The Morgan fingerprint density at radius 3 is 2.54 bits per heavy atom. The number of carbonyl (C=O) groups is 2. The molecule has 0 aliphatic heterocycles. The Labute approximate surface area is 140 Å². The van der Waals surface area contributed by atoms with E-state index in [0.717, 1.165) is 5.52 Å². The first-order chi connectivity index (χ1) is 11.7. The quantitative estimate of drug-likeness (QED) is 0.679. The largest absolute Gasteiger partial charge is 0.339 e. The van der Waals surface area contributed by atoms with Gasteiger partial charge in [0, 0.05) is 36.6 Å². The Balaban J connectivity index is 2.12. The Hall–Kier alpha value is -2.95. The third kappa shape index (κ3) is 2.80. The number of pyridine rings is 2. The van der Waals surface area contributed by atoms with E-state index in [1.807, 2.05) is 38.2 Å². The van der Waals surface area contributed by atoms with Crippen LogP contribution in [0.15, 0.2) is 54.9 Å². The molecule has 0 atom stereocenters. The van der Waals surface area contributed by atoms with Crippen molar-refractivity contribution in [3.63, 3.8) is 0 Å². The van der Waals surface area contributed by atoms with Crippen LogP contribution >= 0.6 is 0 Å². The van der Waals surface area contributed by atoms with Crippen molar-refractivity contribution in [2.75, 3.05) is 13.1 Å². The second-order valence-corrected chi connectivity index (χ2v) is 5.45. The number of amides is 1. The predicted octanol–water partition coefficient (Wildman–Crippen LogP) is 3.05. The van der Waals surface area contributed by atoms with Gasteiger partial charge in [0.2, 0.25) is 5.78 Å². The topological polar surface area (TPSA) is 54.7 Å². The molecule has 1 amide bonds. The van der Waals surface area contributed by atoms with Crippen molar-refractivity contribution in [2.24, 2.45) is 0 Å². The van der Waals surface area contributed by atoms with E-state index in [9.17, 15) is 9.59 Å². The number of aromatic nitrogens is 2. The molecule has 24 heavy (non-hydrogen) atoms. The van der Waals surface area contributed by atoms with Gasteiger partial charge in [-0.25, -0.2) is 0 Å². The fourth-order valence-electron chi connectivity index (χ4n) is 2.77. The van der Waals surface area contributed by atoms with Gasteiger partial charge >= 0.3 is 0 Å². The van der Waals surface area contributed by atoms with Gasteiger partial charge in [-0.1, -0.05) is 6.07 Å². The summed E-state index contributed by atoms with van der Waals surface area (Å²) in [5.41, 5.74) is 2.13. The van der Waals surface area contributed by atoms with Crippen molar-refractivity contribution in [3.8, 4) is 0 Å². The fraction of sp³-hybridized carbons (Fsp3) is 0.211. The Morgan fingerprint density at radius 1 is 1.08 bits per heavy atom.